The summed E-state index contributed by atoms with van der Waals surface area (Å²) in [4.78, 5) is 14.9. The largest absolute Gasteiger partial charge is 0.465 e. The summed E-state index contributed by atoms with van der Waals surface area (Å²) in [5, 5.41) is 0. The second-order valence-electron chi connectivity index (χ2n) is 5.72. The molecule has 0 aromatic heterocycles. The number of benzene rings is 3. The van der Waals surface area contributed by atoms with Crippen LogP contribution in [-0.4, -0.2) is 21.5 Å². The lowest BCUT2D eigenvalue weighted by Gasteiger charge is -2.19. The summed E-state index contributed by atoms with van der Waals surface area (Å²) < 4.78 is 30.9. The number of hydrogen-bond donors (Lipinski definition) is 0. The highest BCUT2D eigenvalue weighted by atomic mass is 32.2. The third kappa shape index (κ3) is 2.53. The van der Waals surface area contributed by atoms with Crippen LogP contribution in [0.15, 0.2) is 97.3 Å². The van der Waals surface area contributed by atoms with E-state index in [1.54, 1.807) is 42.5 Å². The number of ether oxygens (including phenoxy) is 1. The van der Waals surface area contributed by atoms with Crippen LogP contribution in [0.25, 0.3) is 0 Å². The minimum atomic E-state index is -3.56. The van der Waals surface area contributed by atoms with E-state index in [2.05, 4.69) is 0 Å². The Morgan fingerprint density at radius 3 is 2.00 bits per heavy atom. The third-order valence-electron chi connectivity index (χ3n) is 4.21. The van der Waals surface area contributed by atoms with Gasteiger partial charge in [-0.15, -0.1) is 0 Å². The van der Waals surface area contributed by atoms with Gasteiger partial charge in [-0.05, 0) is 36.4 Å². The molecule has 0 saturated heterocycles. The highest BCUT2D eigenvalue weighted by Gasteiger charge is 2.44. The van der Waals surface area contributed by atoms with Gasteiger partial charge in [0.1, 0.15) is 20.7 Å². The predicted octanol–water partition coefficient (Wildman–Crippen LogP) is 3.71. The molecule has 1 heterocycles. The molecule has 1 aliphatic heterocycles. The highest BCUT2D eigenvalue weighted by Crippen LogP contribution is 2.44. The summed E-state index contributed by atoms with van der Waals surface area (Å²) in [7, 11) is -2.84. The molecule has 0 unspecified atom stereocenters. The maximum atomic E-state index is 13.0. The molecule has 0 radical (unpaired) electrons. The Morgan fingerprint density at radius 1 is 0.846 bits per heavy atom. The van der Waals surface area contributed by atoms with Crippen LogP contribution in [-0.2, 0) is 25.5 Å². The maximum Gasteiger partial charge on any atom is 0.338 e. The molecule has 0 spiro atoms. The fraction of sp³-hybridized carbons (Fsp3) is 0.0500. The van der Waals surface area contributed by atoms with Crippen LogP contribution in [0.1, 0.15) is 10.4 Å². The number of carbonyl (C=O) groups excluding carboxylic acids is 1. The molecule has 26 heavy (non-hydrogen) atoms. The van der Waals surface area contributed by atoms with E-state index in [9.17, 15) is 13.2 Å². The SMILES string of the molecule is COC(=O)c1cccc([S+]2c3ccccc3S(=O)(=O)c3ccccc32)c1. The van der Waals surface area contributed by atoms with E-state index < -0.39 is 26.7 Å². The van der Waals surface area contributed by atoms with E-state index in [0.29, 0.717) is 15.4 Å². The second kappa shape index (κ2) is 6.30. The van der Waals surface area contributed by atoms with E-state index >= 15 is 0 Å². The smallest absolute Gasteiger partial charge is 0.338 e. The topological polar surface area (TPSA) is 60.4 Å². The third-order valence-corrected chi connectivity index (χ3v) is 8.65. The van der Waals surface area contributed by atoms with E-state index in [1.807, 2.05) is 30.3 Å². The van der Waals surface area contributed by atoms with Crippen molar-refractivity contribution in [2.24, 2.45) is 0 Å². The molecule has 130 valence electrons. The van der Waals surface area contributed by atoms with E-state index in [-0.39, 0.29) is 0 Å². The molecule has 4 nitrogen and oxygen atoms in total. The number of methoxy groups -OCH3 is 1. The van der Waals surface area contributed by atoms with Gasteiger partial charge in [-0.3, -0.25) is 0 Å². The number of hydrogen-bond acceptors (Lipinski definition) is 4. The van der Waals surface area contributed by atoms with Crippen LogP contribution in [0.2, 0.25) is 0 Å². The van der Waals surface area contributed by atoms with Crippen LogP contribution in [0, 0.1) is 0 Å². The molecule has 0 N–H and O–H groups in total. The first-order valence-corrected chi connectivity index (χ1v) is 10.6. The number of esters is 1. The monoisotopic (exact) mass is 383 g/mol. The standard InChI is InChI=1S/C20H15O4S2/c1-24-20(21)14-7-6-8-15(13-14)25-16-9-2-4-11-18(16)26(22,23)19-12-5-3-10-17(19)25/h2-13H,1H3/q+1. The molecular weight excluding hydrogens is 368 g/mol. The molecule has 4 rings (SSSR count). The number of carbonyl (C=O) groups is 1. The van der Waals surface area contributed by atoms with Crippen molar-refractivity contribution in [3.8, 4) is 0 Å². The highest BCUT2D eigenvalue weighted by molar-refractivity contribution is 8.00. The minimum absolute atomic E-state index is 0.325. The number of fused-ring (bicyclic) bond motifs is 2. The zero-order chi connectivity index (χ0) is 18.3. The molecule has 0 fully saturated rings. The zero-order valence-corrected chi connectivity index (χ0v) is 15.5. The van der Waals surface area contributed by atoms with E-state index in [4.69, 9.17) is 4.74 Å². The predicted molar refractivity (Wildman–Crippen MR) is 98.3 cm³/mol. The zero-order valence-electron chi connectivity index (χ0n) is 13.9. The van der Waals surface area contributed by atoms with Gasteiger partial charge in [-0.25, -0.2) is 13.2 Å². The molecule has 6 heteroatoms. The van der Waals surface area contributed by atoms with Crippen molar-refractivity contribution >= 4 is 26.7 Å². The Bertz CT molecular complexity index is 1070. The first-order valence-electron chi connectivity index (χ1n) is 7.90. The average molecular weight is 383 g/mol. The summed E-state index contributed by atoms with van der Waals surface area (Å²) in [6.45, 7) is 0. The van der Waals surface area contributed by atoms with Crippen molar-refractivity contribution in [2.45, 2.75) is 24.5 Å². The Kier molecular flexibility index (Phi) is 4.09. The van der Waals surface area contributed by atoms with Crippen LogP contribution < -0.4 is 0 Å². The van der Waals surface area contributed by atoms with Gasteiger partial charge in [0.05, 0.1) is 12.7 Å². The maximum absolute atomic E-state index is 13.0. The molecular formula is C20H15O4S2+. The van der Waals surface area contributed by atoms with Gasteiger partial charge in [-0.2, -0.15) is 0 Å². The van der Waals surface area contributed by atoms with Gasteiger partial charge in [0.25, 0.3) is 0 Å². The van der Waals surface area contributed by atoms with Crippen molar-refractivity contribution in [1.82, 2.24) is 0 Å². The van der Waals surface area contributed by atoms with Gasteiger partial charge in [0.2, 0.25) is 9.84 Å². The van der Waals surface area contributed by atoms with Gasteiger partial charge >= 0.3 is 5.97 Å². The van der Waals surface area contributed by atoms with Crippen LogP contribution in [0.5, 0.6) is 0 Å². The van der Waals surface area contributed by atoms with Crippen LogP contribution >= 0.6 is 0 Å². The summed E-state index contributed by atoms with van der Waals surface area (Å²) in [6.07, 6.45) is 0. The fourth-order valence-electron chi connectivity index (χ4n) is 3.04. The summed E-state index contributed by atoms with van der Waals surface area (Å²) in [5.74, 6) is -0.415. The first kappa shape index (κ1) is 16.9. The van der Waals surface area contributed by atoms with Crippen LogP contribution in [0.3, 0.4) is 0 Å². The quantitative estimate of drug-likeness (QED) is 0.391. The second-order valence-corrected chi connectivity index (χ2v) is 9.57. The number of sulfone groups is 1. The van der Waals surface area contributed by atoms with E-state index in [1.165, 1.54) is 7.11 Å². The minimum Gasteiger partial charge on any atom is -0.465 e. The fourth-order valence-corrected chi connectivity index (χ4v) is 7.79. The Hall–Kier alpha value is -2.57. The van der Waals surface area contributed by atoms with Crippen molar-refractivity contribution < 1.29 is 17.9 Å². The lowest BCUT2D eigenvalue weighted by molar-refractivity contribution is 0.0600. The van der Waals surface area contributed by atoms with Gasteiger partial charge in [0.15, 0.2) is 14.7 Å². The van der Waals surface area contributed by atoms with Crippen LogP contribution in [0.4, 0.5) is 0 Å². The molecule has 0 bridgehead atoms. The molecule has 0 atom stereocenters. The average Bonchev–Trinajstić information content (AvgIpc) is 2.68. The van der Waals surface area contributed by atoms with Crippen molar-refractivity contribution in [3.63, 3.8) is 0 Å². The number of rotatable bonds is 2. The van der Waals surface area contributed by atoms with E-state index in [0.717, 1.165) is 14.7 Å². The van der Waals surface area contributed by atoms with Crippen molar-refractivity contribution in [1.29, 1.82) is 0 Å². The lowest BCUT2D eigenvalue weighted by atomic mass is 10.2. The van der Waals surface area contributed by atoms with Crippen molar-refractivity contribution in [2.75, 3.05) is 7.11 Å². The lowest BCUT2D eigenvalue weighted by Crippen LogP contribution is -2.20. The molecule has 0 saturated carbocycles. The summed E-state index contributed by atoms with van der Waals surface area (Å²) in [6, 6.07) is 21.3. The first-order chi connectivity index (χ1) is 12.5. The Morgan fingerprint density at radius 2 is 1.42 bits per heavy atom. The Balaban J connectivity index is 2.00. The molecule has 0 aliphatic carbocycles. The summed E-state index contributed by atoms with van der Waals surface area (Å²) in [5.41, 5.74) is 0.445. The summed E-state index contributed by atoms with van der Waals surface area (Å²) >= 11 is 0. The molecule has 3 aromatic carbocycles. The molecule has 0 amide bonds. The normalized spacial score (nSPS) is 15.0. The van der Waals surface area contributed by atoms with Gasteiger partial charge in [-0.1, -0.05) is 30.3 Å². The molecule has 3 aromatic rings. The van der Waals surface area contributed by atoms with Gasteiger partial charge in [0, 0.05) is 6.07 Å². The Labute approximate surface area is 154 Å². The van der Waals surface area contributed by atoms with Gasteiger partial charge < -0.3 is 4.74 Å². The molecule has 1 aliphatic rings. The van der Waals surface area contributed by atoms with Crippen molar-refractivity contribution in [3.05, 3.63) is 78.4 Å².